The molecular formula is C10H8FNO2. The molecule has 14 heavy (non-hydrogen) atoms. The van der Waals surface area contributed by atoms with E-state index in [-0.39, 0.29) is 11.3 Å². The number of hydrogen-bond donors (Lipinski definition) is 0. The van der Waals surface area contributed by atoms with Gasteiger partial charge in [0.25, 0.3) is 0 Å². The van der Waals surface area contributed by atoms with Gasteiger partial charge in [0, 0.05) is 11.6 Å². The lowest BCUT2D eigenvalue weighted by Crippen LogP contribution is -2.08. The molecule has 0 bridgehead atoms. The lowest BCUT2D eigenvalue weighted by atomic mass is 10.2. The first-order chi connectivity index (χ1) is 6.65. The Hall–Kier alpha value is -1.89. The summed E-state index contributed by atoms with van der Waals surface area (Å²) < 4.78 is 17.9. The Morgan fingerprint density at radius 3 is 2.86 bits per heavy atom. The van der Waals surface area contributed by atoms with Crippen LogP contribution in [0, 0.1) is 17.1 Å². The van der Waals surface area contributed by atoms with Crippen molar-refractivity contribution in [3.8, 4) is 11.8 Å². The van der Waals surface area contributed by atoms with Gasteiger partial charge in [-0.1, -0.05) is 0 Å². The highest BCUT2D eigenvalue weighted by Crippen LogP contribution is 2.16. The molecule has 1 unspecified atom stereocenters. The van der Waals surface area contributed by atoms with Crippen molar-refractivity contribution in [2.75, 3.05) is 0 Å². The van der Waals surface area contributed by atoms with Crippen molar-refractivity contribution in [1.29, 1.82) is 5.26 Å². The predicted octanol–water partition coefficient (Wildman–Crippen LogP) is 1.93. The van der Waals surface area contributed by atoms with Crippen LogP contribution >= 0.6 is 0 Å². The van der Waals surface area contributed by atoms with Gasteiger partial charge < -0.3 is 4.74 Å². The maximum atomic E-state index is 12.8. The molecule has 1 aromatic rings. The topological polar surface area (TPSA) is 50.1 Å². The van der Waals surface area contributed by atoms with Crippen LogP contribution in [-0.4, -0.2) is 12.4 Å². The molecule has 1 aromatic carbocycles. The van der Waals surface area contributed by atoms with Crippen molar-refractivity contribution in [2.24, 2.45) is 0 Å². The quantitative estimate of drug-likeness (QED) is 0.689. The van der Waals surface area contributed by atoms with Gasteiger partial charge >= 0.3 is 0 Å². The maximum Gasteiger partial charge on any atom is 0.181 e. The van der Waals surface area contributed by atoms with Crippen LogP contribution < -0.4 is 4.74 Å². The van der Waals surface area contributed by atoms with Crippen LogP contribution in [0.3, 0.4) is 0 Å². The summed E-state index contributed by atoms with van der Waals surface area (Å²) in [5.41, 5.74) is 0.185. The summed E-state index contributed by atoms with van der Waals surface area (Å²) in [6, 6.07) is 5.44. The van der Waals surface area contributed by atoms with E-state index in [2.05, 4.69) is 0 Å². The summed E-state index contributed by atoms with van der Waals surface area (Å²) in [7, 11) is 0. The number of carbonyl (C=O) groups excluding carboxylic acids is 1. The highest BCUT2D eigenvalue weighted by Gasteiger charge is 2.04. The highest BCUT2D eigenvalue weighted by atomic mass is 19.1. The molecule has 0 heterocycles. The molecule has 0 aliphatic carbocycles. The number of nitriles is 1. The van der Waals surface area contributed by atoms with E-state index in [1.165, 1.54) is 13.0 Å². The molecule has 3 nitrogen and oxygen atoms in total. The van der Waals surface area contributed by atoms with Crippen LogP contribution in [0.15, 0.2) is 18.2 Å². The molecular weight excluding hydrogens is 185 g/mol. The van der Waals surface area contributed by atoms with Gasteiger partial charge in [-0.05, 0) is 19.1 Å². The van der Waals surface area contributed by atoms with E-state index in [4.69, 9.17) is 10.00 Å². The average molecular weight is 193 g/mol. The molecule has 0 aliphatic heterocycles. The zero-order valence-electron chi connectivity index (χ0n) is 7.53. The number of aldehydes is 1. The Morgan fingerprint density at radius 1 is 1.57 bits per heavy atom. The van der Waals surface area contributed by atoms with Crippen LogP contribution in [0.1, 0.15) is 17.3 Å². The fourth-order valence-electron chi connectivity index (χ4n) is 0.951. The molecule has 1 atom stereocenters. The van der Waals surface area contributed by atoms with Gasteiger partial charge in [0.2, 0.25) is 0 Å². The fraction of sp³-hybridized carbons (Fsp3) is 0.200. The Labute approximate surface area is 80.7 Å². The van der Waals surface area contributed by atoms with Gasteiger partial charge in [0.05, 0.1) is 0 Å². The summed E-state index contributed by atoms with van der Waals surface area (Å²) in [4.78, 5) is 10.4. The van der Waals surface area contributed by atoms with E-state index in [1.807, 2.05) is 6.07 Å². The van der Waals surface area contributed by atoms with Crippen LogP contribution in [0.4, 0.5) is 4.39 Å². The molecule has 0 saturated carbocycles. The van der Waals surface area contributed by atoms with Gasteiger partial charge in [-0.25, -0.2) is 4.39 Å². The SMILES string of the molecule is CC(C#N)Oc1cc(F)cc(C=O)c1. The monoisotopic (exact) mass is 193 g/mol. The summed E-state index contributed by atoms with van der Waals surface area (Å²) in [5, 5.41) is 8.45. The number of nitrogens with zero attached hydrogens (tertiary/aromatic N) is 1. The van der Waals surface area contributed by atoms with Crippen molar-refractivity contribution >= 4 is 6.29 Å². The Bertz CT molecular complexity index is 384. The van der Waals surface area contributed by atoms with Gasteiger partial charge in [-0.3, -0.25) is 4.79 Å². The third-order valence-corrected chi connectivity index (χ3v) is 1.52. The lowest BCUT2D eigenvalue weighted by Gasteiger charge is -2.07. The third kappa shape index (κ3) is 2.56. The van der Waals surface area contributed by atoms with E-state index in [1.54, 1.807) is 0 Å². The minimum absolute atomic E-state index is 0.182. The van der Waals surface area contributed by atoms with Crippen molar-refractivity contribution in [3.05, 3.63) is 29.6 Å². The minimum Gasteiger partial charge on any atom is -0.476 e. The van der Waals surface area contributed by atoms with Gasteiger partial charge in [0.1, 0.15) is 23.9 Å². The molecule has 0 saturated heterocycles. The van der Waals surface area contributed by atoms with E-state index >= 15 is 0 Å². The van der Waals surface area contributed by atoms with E-state index in [0.29, 0.717) is 6.29 Å². The molecule has 1 rings (SSSR count). The second-order valence-electron chi connectivity index (χ2n) is 2.73. The number of ether oxygens (including phenoxy) is 1. The van der Waals surface area contributed by atoms with Crippen LogP contribution in [0.2, 0.25) is 0 Å². The predicted molar refractivity (Wildman–Crippen MR) is 47.5 cm³/mol. The third-order valence-electron chi connectivity index (χ3n) is 1.52. The van der Waals surface area contributed by atoms with Crippen molar-refractivity contribution in [2.45, 2.75) is 13.0 Å². The molecule has 0 N–H and O–H groups in total. The molecule has 0 spiro atoms. The minimum atomic E-state index is -0.670. The molecule has 4 heteroatoms. The Morgan fingerprint density at radius 2 is 2.29 bits per heavy atom. The van der Waals surface area contributed by atoms with Crippen LogP contribution in [0.5, 0.6) is 5.75 Å². The Kier molecular flexibility index (Phi) is 3.19. The standard InChI is InChI=1S/C10H8FNO2/c1-7(5-12)14-10-3-8(6-13)2-9(11)4-10/h2-4,6-7H,1H3. The number of benzene rings is 1. The first-order valence-electron chi connectivity index (χ1n) is 3.97. The maximum absolute atomic E-state index is 12.8. The smallest absolute Gasteiger partial charge is 0.181 e. The van der Waals surface area contributed by atoms with Crippen LogP contribution in [0.25, 0.3) is 0 Å². The Balaban J connectivity index is 2.93. The van der Waals surface area contributed by atoms with Gasteiger partial charge in [-0.15, -0.1) is 0 Å². The largest absolute Gasteiger partial charge is 0.476 e. The molecule has 0 radical (unpaired) electrons. The molecule has 0 amide bonds. The lowest BCUT2D eigenvalue weighted by molar-refractivity contribution is 0.112. The number of hydrogen-bond acceptors (Lipinski definition) is 3. The van der Waals surface area contributed by atoms with Gasteiger partial charge in [0.15, 0.2) is 6.10 Å². The van der Waals surface area contributed by atoms with E-state index in [0.717, 1.165) is 12.1 Å². The summed E-state index contributed by atoms with van der Waals surface area (Å²) in [5.74, 6) is -0.379. The first-order valence-corrected chi connectivity index (χ1v) is 3.97. The zero-order chi connectivity index (χ0) is 10.6. The second kappa shape index (κ2) is 4.38. The van der Waals surface area contributed by atoms with E-state index < -0.39 is 11.9 Å². The fourth-order valence-corrected chi connectivity index (χ4v) is 0.951. The van der Waals surface area contributed by atoms with Crippen LogP contribution in [-0.2, 0) is 0 Å². The second-order valence-corrected chi connectivity index (χ2v) is 2.73. The number of halogens is 1. The summed E-state index contributed by atoms with van der Waals surface area (Å²) >= 11 is 0. The first kappa shape index (κ1) is 10.2. The number of carbonyl (C=O) groups is 1. The average Bonchev–Trinajstić information content (AvgIpc) is 2.16. The molecule has 0 fully saturated rings. The van der Waals surface area contributed by atoms with Crippen molar-refractivity contribution in [3.63, 3.8) is 0 Å². The highest BCUT2D eigenvalue weighted by molar-refractivity contribution is 5.75. The van der Waals surface area contributed by atoms with Crippen molar-refractivity contribution in [1.82, 2.24) is 0 Å². The molecule has 0 aliphatic rings. The normalized spacial score (nSPS) is 11.5. The zero-order valence-corrected chi connectivity index (χ0v) is 7.53. The molecule has 72 valence electrons. The van der Waals surface area contributed by atoms with Crippen molar-refractivity contribution < 1.29 is 13.9 Å². The van der Waals surface area contributed by atoms with Gasteiger partial charge in [-0.2, -0.15) is 5.26 Å². The van der Waals surface area contributed by atoms with E-state index in [9.17, 15) is 9.18 Å². The number of rotatable bonds is 3. The summed E-state index contributed by atoms with van der Waals surface area (Å²) in [6.45, 7) is 1.53. The molecule has 0 aromatic heterocycles. The summed E-state index contributed by atoms with van der Waals surface area (Å²) in [6.07, 6.45) is -0.149.